The van der Waals surface area contributed by atoms with E-state index in [0.717, 1.165) is 19.3 Å². The van der Waals surface area contributed by atoms with E-state index in [-0.39, 0.29) is 11.7 Å². The smallest absolute Gasteiger partial charge is 0.344 e. The number of rotatable bonds is 8. The van der Waals surface area contributed by atoms with E-state index in [1.54, 1.807) is 11.5 Å². The summed E-state index contributed by atoms with van der Waals surface area (Å²) in [5.41, 5.74) is -1.24. The first-order valence-corrected chi connectivity index (χ1v) is 7.74. The van der Waals surface area contributed by atoms with Gasteiger partial charge in [0.25, 0.3) is 0 Å². The Hall–Kier alpha value is -1.28. The summed E-state index contributed by atoms with van der Waals surface area (Å²) in [5, 5.41) is 19.4. The third-order valence-corrected chi connectivity index (χ3v) is 4.58. The molecule has 0 radical (unpaired) electrons. The molecule has 1 heterocycles. The fourth-order valence-corrected chi connectivity index (χ4v) is 2.97. The molecule has 1 aliphatic rings. The van der Waals surface area contributed by atoms with Crippen LogP contribution in [-0.4, -0.2) is 43.7 Å². The van der Waals surface area contributed by atoms with Crippen molar-refractivity contribution in [3.63, 3.8) is 0 Å². The predicted octanol–water partition coefficient (Wildman–Crippen LogP) is 0.841. The predicted molar refractivity (Wildman–Crippen MR) is 76.2 cm³/mol. The van der Waals surface area contributed by atoms with E-state index < -0.39 is 11.5 Å². The van der Waals surface area contributed by atoms with Crippen molar-refractivity contribution in [2.24, 2.45) is 0 Å². The number of thioether (sulfide) groups is 1. The van der Waals surface area contributed by atoms with Crippen molar-refractivity contribution in [1.29, 1.82) is 0 Å². The normalized spacial score (nSPS) is 17.9. The third-order valence-electron chi connectivity index (χ3n) is 3.31. The first-order chi connectivity index (χ1) is 9.48. The van der Waals surface area contributed by atoms with Gasteiger partial charge in [-0.2, -0.15) is 0 Å². The molecule has 1 aliphatic carbocycles. The van der Waals surface area contributed by atoms with Crippen molar-refractivity contribution in [1.82, 2.24) is 20.1 Å². The van der Waals surface area contributed by atoms with Gasteiger partial charge in [0.15, 0.2) is 5.16 Å². The van der Waals surface area contributed by atoms with Gasteiger partial charge in [0.05, 0.1) is 0 Å². The van der Waals surface area contributed by atoms with Gasteiger partial charge in [-0.3, -0.25) is 9.36 Å². The zero-order valence-electron chi connectivity index (χ0n) is 11.7. The number of H-pyrrole nitrogens is 1. The second-order valence-electron chi connectivity index (χ2n) is 5.27. The number of carbonyl (C=O) groups is 1. The average Bonchev–Trinajstić information content (AvgIpc) is 3.18. The van der Waals surface area contributed by atoms with Crippen LogP contribution in [-0.2, 0) is 4.79 Å². The average molecular weight is 300 g/mol. The fraction of sp³-hybridized carbons (Fsp3) is 0.750. The summed E-state index contributed by atoms with van der Waals surface area (Å²) in [6.45, 7) is 4.28. The van der Waals surface area contributed by atoms with Crippen molar-refractivity contribution in [2.75, 3.05) is 12.3 Å². The van der Waals surface area contributed by atoms with Crippen LogP contribution in [0.25, 0.3) is 0 Å². The quantitative estimate of drug-likeness (QED) is 0.615. The lowest BCUT2D eigenvalue weighted by molar-refractivity contribution is -0.143. The molecular formula is C12H20N4O3S. The minimum Gasteiger partial charge on any atom is -0.480 e. The van der Waals surface area contributed by atoms with E-state index in [9.17, 15) is 14.7 Å². The number of hydrogen-bond acceptors (Lipinski definition) is 5. The SMILES string of the molecule is CCCNC(C)(CSc1n[nH]c(=O)n1C1CC1)C(=O)O. The van der Waals surface area contributed by atoms with Crippen LogP contribution in [0.5, 0.6) is 0 Å². The lowest BCUT2D eigenvalue weighted by Gasteiger charge is -2.25. The van der Waals surface area contributed by atoms with E-state index in [0.29, 0.717) is 17.5 Å². The summed E-state index contributed by atoms with van der Waals surface area (Å²) in [7, 11) is 0. The number of aromatic amines is 1. The Bertz CT molecular complexity index is 537. The van der Waals surface area contributed by atoms with Crippen LogP contribution in [0.2, 0.25) is 0 Å². The van der Waals surface area contributed by atoms with Crippen LogP contribution in [0.1, 0.15) is 39.2 Å². The molecule has 112 valence electrons. The molecule has 3 N–H and O–H groups in total. The number of nitrogens with zero attached hydrogens (tertiary/aromatic N) is 2. The summed E-state index contributed by atoms with van der Waals surface area (Å²) >= 11 is 1.30. The molecule has 0 saturated heterocycles. The largest absolute Gasteiger partial charge is 0.480 e. The summed E-state index contributed by atoms with van der Waals surface area (Å²) in [4.78, 5) is 23.1. The zero-order chi connectivity index (χ0) is 14.8. The number of hydrogen-bond donors (Lipinski definition) is 3. The lowest BCUT2D eigenvalue weighted by atomic mass is 10.1. The molecule has 0 bridgehead atoms. The number of aromatic nitrogens is 3. The van der Waals surface area contributed by atoms with Gasteiger partial charge in [-0.15, -0.1) is 5.10 Å². The number of carboxylic acid groups (broad SMARTS) is 1. The molecule has 20 heavy (non-hydrogen) atoms. The van der Waals surface area contributed by atoms with Crippen LogP contribution in [0.3, 0.4) is 0 Å². The highest BCUT2D eigenvalue weighted by Crippen LogP contribution is 2.36. The minimum atomic E-state index is -1.02. The van der Waals surface area contributed by atoms with Crippen LogP contribution in [0, 0.1) is 0 Å². The van der Waals surface area contributed by atoms with Crippen LogP contribution >= 0.6 is 11.8 Å². The van der Waals surface area contributed by atoms with E-state index >= 15 is 0 Å². The third kappa shape index (κ3) is 3.24. The topological polar surface area (TPSA) is 100 Å². The van der Waals surface area contributed by atoms with Gasteiger partial charge in [-0.25, -0.2) is 9.89 Å². The Labute approximate surface area is 121 Å². The molecule has 0 aliphatic heterocycles. The van der Waals surface area contributed by atoms with E-state index in [4.69, 9.17) is 0 Å². The van der Waals surface area contributed by atoms with Crippen LogP contribution in [0.15, 0.2) is 9.95 Å². The highest BCUT2D eigenvalue weighted by molar-refractivity contribution is 7.99. The van der Waals surface area contributed by atoms with Crippen LogP contribution in [0.4, 0.5) is 0 Å². The van der Waals surface area contributed by atoms with Gasteiger partial charge < -0.3 is 10.4 Å². The molecular weight excluding hydrogens is 280 g/mol. The first kappa shape index (κ1) is 15.1. The van der Waals surface area contributed by atoms with E-state index in [1.807, 2.05) is 6.92 Å². The monoisotopic (exact) mass is 300 g/mol. The maximum atomic E-state index is 11.7. The molecule has 8 heteroatoms. The molecule has 1 unspecified atom stereocenters. The van der Waals surface area contributed by atoms with Gasteiger partial charge in [-0.05, 0) is 32.7 Å². The van der Waals surface area contributed by atoms with Crippen LogP contribution < -0.4 is 11.0 Å². The second kappa shape index (κ2) is 6.01. The van der Waals surface area contributed by atoms with Gasteiger partial charge >= 0.3 is 11.7 Å². The zero-order valence-corrected chi connectivity index (χ0v) is 12.5. The molecule has 1 aromatic rings. The Morgan fingerprint density at radius 2 is 2.35 bits per heavy atom. The highest BCUT2D eigenvalue weighted by atomic mass is 32.2. The summed E-state index contributed by atoms with van der Waals surface area (Å²) < 4.78 is 1.63. The summed E-state index contributed by atoms with van der Waals surface area (Å²) in [6, 6.07) is 0.225. The van der Waals surface area contributed by atoms with Gasteiger partial charge in [0.1, 0.15) is 5.54 Å². The molecule has 0 amide bonds. The number of aliphatic carboxylic acids is 1. The molecule has 0 spiro atoms. The molecule has 0 aromatic carbocycles. The van der Waals surface area contributed by atoms with E-state index in [1.165, 1.54) is 11.8 Å². The summed E-state index contributed by atoms with van der Waals surface area (Å²) in [5.74, 6) is -0.575. The molecule has 1 atom stereocenters. The maximum Gasteiger partial charge on any atom is 0.344 e. The molecule has 1 saturated carbocycles. The maximum absolute atomic E-state index is 11.7. The Balaban J connectivity index is 2.06. The first-order valence-electron chi connectivity index (χ1n) is 6.76. The summed E-state index contributed by atoms with van der Waals surface area (Å²) in [6.07, 6.45) is 2.83. The van der Waals surface area contributed by atoms with Crippen molar-refractivity contribution in [2.45, 2.75) is 49.8 Å². The molecule has 2 rings (SSSR count). The Morgan fingerprint density at radius 3 is 2.90 bits per heavy atom. The number of carboxylic acids is 1. The lowest BCUT2D eigenvalue weighted by Crippen LogP contribution is -2.52. The Kier molecular flexibility index (Phi) is 4.54. The van der Waals surface area contributed by atoms with Gasteiger partial charge in [-0.1, -0.05) is 18.7 Å². The highest BCUT2D eigenvalue weighted by Gasteiger charge is 2.34. The van der Waals surface area contributed by atoms with Crippen molar-refractivity contribution in [3.8, 4) is 0 Å². The van der Waals surface area contributed by atoms with Crippen molar-refractivity contribution >= 4 is 17.7 Å². The number of nitrogens with one attached hydrogen (secondary N) is 2. The molecule has 7 nitrogen and oxygen atoms in total. The van der Waals surface area contributed by atoms with Gasteiger partial charge in [0, 0.05) is 11.8 Å². The Morgan fingerprint density at radius 1 is 1.65 bits per heavy atom. The molecule has 1 aromatic heterocycles. The van der Waals surface area contributed by atoms with Crippen molar-refractivity contribution in [3.05, 3.63) is 10.5 Å². The minimum absolute atomic E-state index is 0.214. The standard InChI is InChI=1S/C12H20N4O3S/c1-3-6-13-12(2,9(17)18)7-20-11-15-14-10(19)16(11)8-4-5-8/h8,13H,3-7H2,1-2H3,(H,14,19)(H,17,18). The second-order valence-corrected chi connectivity index (χ2v) is 6.21. The van der Waals surface area contributed by atoms with E-state index in [2.05, 4.69) is 15.5 Å². The molecule has 1 fully saturated rings. The van der Waals surface area contributed by atoms with Crippen molar-refractivity contribution < 1.29 is 9.90 Å². The van der Waals surface area contributed by atoms with Gasteiger partial charge in [0.2, 0.25) is 0 Å². The fourth-order valence-electron chi connectivity index (χ4n) is 1.84.